The van der Waals surface area contributed by atoms with Gasteiger partial charge in [0.05, 0.1) is 5.02 Å². The second kappa shape index (κ2) is 7.31. The van der Waals surface area contributed by atoms with Gasteiger partial charge in [0.25, 0.3) is 5.91 Å². The van der Waals surface area contributed by atoms with Gasteiger partial charge >= 0.3 is 0 Å². The maximum Gasteiger partial charge on any atom is 0.267 e. The molecule has 0 aliphatic heterocycles. The van der Waals surface area contributed by atoms with Gasteiger partial charge in [-0.2, -0.15) is 9.61 Å². The third-order valence-electron chi connectivity index (χ3n) is 4.67. The Balaban J connectivity index is 1.43. The summed E-state index contributed by atoms with van der Waals surface area (Å²) in [6.45, 7) is 3.80. The highest BCUT2D eigenvalue weighted by molar-refractivity contribution is 7.21. The van der Waals surface area contributed by atoms with E-state index in [2.05, 4.69) is 20.6 Å². The molecule has 5 aromatic rings. The molecule has 30 heavy (non-hydrogen) atoms. The van der Waals surface area contributed by atoms with Crippen LogP contribution >= 0.6 is 45.9 Å². The van der Waals surface area contributed by atoms with E-state index in [1.807, 2.05) is 44.2 Å². The Hall–Kier alpha value is -2.52. The van der Waals surface area contributed by atoms with E-state index < -0.39 is 0 Å². The van der Waals surface area contributed by atoms with Crippen LogP contribution in [0.4, 0.5) is 5.69 Å². The molecule has 0 saturated heterocycles. The van der Waals surface area contributed by atoms with Gasteiger partial charge in [-0.05, 0) is 49.7 Å². The molecule has 0 fully saturated rings. The first-order chi connectivity index (χ1) is 14.4. The third-order valence-corrected chi connectivity index (χ3v) is 7.50. The van der Waals surface area contributed by atoms with Crippen LogP contribution in [0.3, 0.4) is 0 Å². The lowest BCUT2D eigenvalue weighted by Gasteiger charge is -2.09. The number of carbonyl (C=O) groups is 1. The fourth-order valence-corrected chi connectivity index (χ4v) is 5.70. The van der Waals surface area contributed by atoms with Crippen molar-refractivity contribution in [1.29, 1.82) is 0 Å². The molecule has 0 aliphatic carbocycles. The van der Waals surface area contributed by atoms with Gasteiger partial charge in [0.2, 0.25) is 4.96 Å². The molecule has 3 aromatic heterocycles. The molecule has 0 saturated carbocycles. The summed E-state index contributed by atoms with van der Waals surface area (Å²) in [4.78, 5) is 14.1. The standard InChI is InChI=1S/C20H13Cl2N5OS2/c1-9-7-11(19-26-27-10(2)24-25-20(27)30-19)3-6-14(9)23-18(28)17-16(22)13-5-4-12(21)8-15(13)29-17/h3-8H,1-2H3,(H,23,28). The van der Waals surface area contributed by atoms with E-state index in [0.29, 0.717) is 14.9 Å². The summed E-state index contributed by atoms with van der Waals surface area (Å²) in [6, 6.07) is 11.2. The van der Waals surface area contributed by atoms with E-state index in [-0.39, 0.29) is 5.91 Å². The predicted octanol–water partition coefficient (Wildman–Crippen LogP) is 6.24. The lowest BCUT2D eigenvalue weighted by atomic mass is 10.1. The van der Waals surface area contributed by atoms with Crippen molar-refractivity contribution in [2.75, 3.05) is 5.32 Å². The number of thiophene rings is 1. The minimum atomic E-state index is -0.248. The summed E-state index contributed by atoms with van der Waals surface area (Å²) in [5.41, 5.74) is 2.59. The van der Waals surface area contributed by atoms with E-state index in [1.54, 1.807) is 10.6 Å². The van der Waals surface area contributed by atoms with Crippen molar-refractivity contribution in [3.05, 3.63) is 62.7 Å². The molecule has 0 spiro atoms. The molecule has 2 aromatic carbocycles. The summed E-state index contributed by atoms with van der Waals surface area (Å²) in [7, 11) is 0. The fourth-order valence-electron chi connectivity index (χ4n) is 3.13. The normalized spacial score (nSPS) is 11.5. The van der Waals surface area contributed by atoms with Crippen LogP contribution in [0.25, 0.3) is 25.6 Å². The Morgan fingerprint density at radius 1 is 1.07 bits per heavy atom. The number of anilines is 1. The predicted molar refractivity (Wildman–Crippen MR) is 123 cm³/mol. The number of fused-ring (bicyclic) bond motifs is 2. The second-order valence-corrected chi connectivity index (χ2v) is 9.54. The Morgan fingerprint density at radius 3 is 2.67 bits per heavy atom. The molecular weight excluding hydrogens is 461 g/mol. The van der Waals surface area contributed by atoms with Crippen LogP contribution in [-0.4, -0.2) is 25.7 Å². The van der Waals surface area contributed by atoms with E-state index >= 15 is 0 Å². The number of aryl methyl sites for hydroxylation is 2. The Morgan fingerprint density at radius 2 is 1.90 bits per heavy atom. The smallest absolute Gasteiger partial charge is 0.267 e. The van der Waals surface area contributed by atoms with Crippen molar-refractivity contribution in [2.45, 2.75) is 13.8 Å². The molecule has 0 aliphatic rings. The van der Waals surface area contributed by atoms with Gasteiger partial charge < -0.3 is 5.32 Å². The summed E-state index contributed by atoms with van der Waals surface area (Å²) in [6.07, 6.45) is 0. The van der Waals surface area contributed by atoms with E-state index in [4.69, 9.17) is 23.2 Å². The summed E-state index contributed by atoms with van der Waals surface area (Å²) < 4.78 is 2.60. The van der Waals surface area contributed by atoms with Gasteiger partial charge in [-0.15, -0.1) is 21.5 Å². The zero-order chi connectivity index (χ0) is 21.0. The van der Waals surface area contributed by atoms with Crippen LogP contribution in [0.5, 0.6) is 0 Å². The molecule has 0 atom stereocenters. The molecule has 6 nitrogen and oxygen atoms in total. The zero-order valence-corrected chi connectivity index (χ0v) is 18.9. The average Bonchev–Trinajstić information content (AvgIpc) is 3.38. The first kappa shape index (κ1) is 19.4. The quantitative estimate of drug-likeness (QED) is 0.336. The van der Waals surface area contributed by atoms with Crippen molar-refractivity contribution >= 4 is 72.5 Å². The molecule has 0 radical (unpaired) electrons. The highest BCUT2D eigenvalue weighted by Gasteiger charge is 2.19. The van der Waals surface area contributed by atoms with Crippen LogP contribution in [-0.2, 0) is 0 Å². The third kappa shape index (κ3) is 3.26. The van der Waals surface area contributed by atoms with E-state index in [1.165, 1.54) is 22.7 Å². The zero-order valence-electron chi connectivity index (χ0n) is 15.7. The minimum absolute atomic E-state index is 0.248. The highest BCUT2D eigenvalue weighted by atomic mass is 35.5. The molecule has 0 unspecified atom stereocenters. The van der Waals surface area contributed by atoms with E-state index in [9.17, 15) is 4.79 Å². The van der Waals surface area contributed by atoms with Crippen molar-refractivity contribution < 1.29 is 4.79 Å². The van der Waals surface area contributed by atoms with Gasteiger partial charge in [0.1, 0.15) is 9.88 Å². The number of aromatic nitrogens is 4. The summed E-state index contributed by atoms with van der Waals surface area (Å²) in [5, 5.41) is 18.3. The van der Waals surface area contributed by atoms with Crippen molar-refractivity contribution in [2.24, 2.45) is 0 Å². The monoisotopic (exact) mass is 473 g/mol. The number of nitrogens with one attached hydrogen (secondary N) is 1. The molecule has 10 heteroatoms. The number of carbonyl (C=O) groups excluding carboxylic acids is 1. The molecular formula is C20H13Cl2N5OS2. The molecule has 0 bridgehead atoms. The van der Waals surface area contributed by atoms with Crippen LogP contribution < -0.4 is 5.32 Å². The number of hydrogen-bond donors (Lipinski definition) is 1. The highest BCUT2D eigenvalue weighted by Crippen LogP contribution is 2.37. The summed E-state index contributed by atoms with van der Waals surface area (Å²) in [5.74, 6) is 0.497. The molecule has 3 heterocycles. The fraction of sp³-hybridized carbons (Fsp3) is 0.100. The van der Waals surface area contributed by atoms with Gasteiger partial charge in [0.15, 0.2) is 5.82 Å². The van der Waals surface area contributed by atoms with Crippen molar-refractivity contribution in [3.8, 4) is 10.6 Å². The van der Waals surface area contributed by atoms with Crippen LogP contribution in [0.15, 0.2) is 36.4 Å². The number of benzene rings is 2. The number of amides is 1. The van der Waals surface area contributed by atoms with Gasteiger partial charge in [-0.25, -0.2) is 0 Å². The Labute approximate surface area is 189 Å². The molecule has 150 valence electrons. The van der Waals surface area contributed by atoms with Crippen molar-refractivity contribution in [1.82, 2.24) is 19.8 Å². The van der Waals surface area contributed by atoms with Crippen LogP contribution in [0.2, 0.25) is 10.0 Å². The number of rotatable bonds is 3. The Bertz CT molecular complexity index is 1450. The second-order valence-electron chi connectivity index (χ2n) is 6.72. The first-order valence-electron chi connectivity index (χ1n) is 8.89. The van der Waals surface area contributed by atoms with Gasteiger partial charge in [-0.3, -0.25) is 4.79 Å². The van der Waals surface area contributed by atoms with Crippen LogP contribution in [0, 0.1) is 13.8 Å². The number of hydrogen-bond acceptors (Lipinski definition) is 6. The van der Waals surface area contributed by atoms with Crippen molar-refractivity contribution in [3.63, 3.8) is 0 Å². The molecule has 1 amide bonds. The SMILES string of the molecule is Cc1cc(-c2nn3c(C)nnc3s2)ccc1NC(=O)c1sc2cc(Cl)ccc2c1Cl. The lowest BCUT2D eigenvalue weighted by molar-refractivity contribution is 0.103. The average molecular weight is 474 g/mol. The minimum Gasteiger partial charge on any atom is -0.321 e. The Kier molecular flexibility index (Phi) is 4.74. The molecule has 5 rings (SSSR count). The summed E-state index contributed by atoms with van der Waals surface area (Å²) >= 11 is 15.3. The topological polar surface area (TPSA) is 72.2 Å². The van der Waals surface area contributed by atoms with Gasteiger partial charge in [0, 0.05) is 26.4 Å². The largest absolute Gasteiger partial charge is 0.321 e. The van der Waals surface area contributed by atoms with E-state index in [0.717, 1.165) is 42.7 Å². The number of halogens is 2. The van der Waals surface area contributed by atoms with Gasteiger partial charge in [-0.1, -0.05) is 40.6 Å². The molecule has 1 N–H and O–H groups in total. The lowest BCUT2D eigenvalue weighted by Crippen LogP contribution is -2.11. The first-order valence-corrected chi connectivity index (χ1v) is 11.3. The maximum atomic E-state index is 12.9. The van der Waals surface area contributed by atoms with Crippen LogP contribution in [0.1, 0.15) is 21.1 Å². The number of nitrogens with zero attached hydrogens (tertiary/aromatic N) is 4. The maximum absolute atomic E-state index is 12.9.